The van der Waals surface area contributed by atoms with Gasteiger partial charge >= 0.3 is 0 Å². The van der Waals surface area contributed by atoms with Crippen molar-refractivity contribution in [2.75, 3.05) is 0 Å². The number of hydrogen-bond acceptors (Lipinski definition) is 5. The molecule has 0 spiro atoms. The van der Waals surface area contributed by atoms with E-state index in [1.807, 2.05) is 0 Å². The SMILES string of the molecule is CCc1nsc(SC2CC(C)c3ccccc3C2N)n1. The lowest BCUT2D eigenvalue weighted by molar-refractivity contribution is 0.527. The summed E-state index contributed by atoms with van der Waals surface area (Å²) in [4.78, 5) is 4.55. The van der Waals surface area contributed by atoms with Crippen molar-refractivity contribution in [3.8, 4) is 0 Å². The summed E-state index contributed by atoms with van der Waals surface area (Å²) >= 11 is 3.29. The maximum atomic E-state index is 6.48. The van der Waals surface area contributed by atoms with Crippen LogP contribution in [0.2, 0.25) is 0 Å². The highest BCUT2D eigenvalue weighted by atomic mass is 32.2. The quantitative estimate of drug-likeness (QED) is 0.938. The number of nitrogens with zero attached hydrogens (tertiary/aromatic N) is 2. The van der Waals surface area contributed by atoms with Crippen LogP contribution in [0.4, 0.5) is 0 Å². The Kier molecular flexibility index (Phi) is 4.10. The predicted molar refractivity (Wildman–Crippen MR) is 85.3 cm³/mol. The molecule has 3 atom stereocenters. The Bertz CT molecular complexity index is 596. The van der Waals surface area contributed by atoms with Gasteiger partial charge in [0.05, 0.1) is 0 Å². The van der Waals surface area contributed by atoms with E-state index in [4.69, 9.17) is 5.73 Å². The zero-order valence-electron chi connectivity index (χ0n) is 11.7. The summed E-state index contributed by atoms with van der Waals surface area (Å²) in [5, 5.41) is 0.387. The molecule has 1 aromatic heterocycles. The molecule has 1 heterocycles. The van der Waals surface area contributed by atoms with Crippen LogP contribution in [0.15, 0.2) is 28.6 Å². The van der Waals surface area contributed by atoms with Crippen molar-refractivity contribution in [3.63, 3.8) is 0 Å². The number of rotatable bonds is 3. The van der Waals surface area contributed by atoms with Crippen LogP contribution >= 0.6 is 23.3 Å². The number of aryl methyl sites for hydroxylation is 1. The Hall–Kier alpha value is -0.910. The van der Waals surface area contributed by atoms with E-state index in [0.29, 0.717) is 11.2 Å². The number of fused-ring (bicyclic) bond motifs is 1. The summed E-state index contributed by atoms with van der Waals surface area (Å²) in [6.07, 6.45) is 2.00. The molecule has 1 aliphatic rings. The molecule has 0 aliphatic heterocycles. The van der Waals surface area contributed by atoms with E-state index in [2.05, 4.69) is 47.5 Å². The number of hydrogen-bond donors (Lipinski definition) is 1. The van der Waals surface area contributed by atoms with Gasteiger partial charge in [-0.15, -0.1) is 0 Å². The molecule has 20 heavy (non-hydrogen) atoms. The van der Waals surface area contributed by atoms with Gasteiger partial charge in [-0.25, -0.2) is 4.98 Å². The minimum Gasteiger partial charge on any atom is -0.323 e. The first-order valence-electron chi connectivity index (χ1n) is 7.02. The lowest BCUT2D eigenvalue weighted by atomic mass is 9.81. The molecule has 3 unspecified atom stereocenters. The van der Waals surface area contributed by atoms with Crippen molar-refractivity contribution in [1.82, 2.24) is 9.36 Å². The van der Waals surface area contributed by atoms with Crippen LogP contribution in [-0.4, -0.2) is 14.6 Å². The number of nitrogens with two attached hydrogens (primary N) is 1. The van der Waals surface area contributed by atoms with E-state index in [-0.39, 0.29) is 6.04 Å². The monoisotopic (exact) mass is 305 g/mol. The average molecular weight is 305 g/mol. The summed E-state index contributed by atoms with van der Waals surface area (Å²) in [5.74, 6) is 1.50. The van der Waals surface area contributed by atoms with Crippen LogP contribution in [0.3, 0.4) is 0 Å². The molecule has 3 rings (SSSR count). The normalized spacial score (nSPS) is 25.4. The van der Waals surface area contributed by atoms with Crippen molar-refractivity contribution in [2.45, 2.75) is 48.2 Å². The Balaban J connectivity index is 1.82. The minimum absolute atomic E-state index is 0.0846. The zero-order valence-corrected chi connectivity index (χ0v) is 13.4. The molecule has 0 fully saturated rings. The number of benzene rings is 1. The van der Waals surface area contributed by atoms with Gasteiger partial charge in [-0.2, -0.15) is 4.37 Å². The Morgan fingerprint density at radius 1 is 1.35 bits per heavy atom. The van der Waals surface area contributed by atoms with Crippen LogP contribution < -0.4 is 5.73 Å². The molecule has 1 aromatic carbocycles. The Morgan fingerprint density at radius 2 is 2.10 bits per heavy atom. The molecule has 0 amide bonds. The topological polar surface area (TPSA) is 51.8 Å². The third-order valence-corrected chi connectivity index (χ3v) is 6.03. The highest BCUT2D eigenvalue weighted by molar-refractivity contribution is 8.01. The summed E-state index contributed by atoms with van der Waals surface area (Å²) in [6, 6.07) is 8.65. The van der Waals surface area contributed by atoms with Crippen molar-refractivity contribution >= 4 is 23.3 Å². The van der Waals surface area contributed by atoms with Gasteiger partial charge in [-0.3, -0.25) is 0 Å². The molecule has 1 aliphatic carbocycles. The van der Waals surface area contributed by atoms with Gasteiger partial charge in [0.2, 0.25) is 0 Å². The van der Waals surface area contributed by atoms with Crippen LogP contribution in [0.25, 0.3) is 0 Å². The largest absolute Gasteiger partial charge is 0.323 e. The first kappa shape index (κ1) is 14.0. The molecule has 5 heteroatoms. The van der Waals surface area contributed by atoms with Gasteiger partial charge in [0.1, 0.15) is 5.82 Å². The van der Waals surface area contributed by atoms with Gasteiger partial charge in [0.15, 0.2) is 4.34 Å². The lowest BCUT2D eigenvalue weighted by Gasteiger charge is -2.33. The van der Waals surface area contributed by atoms with Crippen molar-refractivity contribution in [2.24, 2.45) is 5.73 Å². The third kappa shape index (κ3) is 2.62. The molecule has 0 saturated carbocycles. The molecule has 0 bridgehead atoms. The van der Waals surface area contributed by atoms with Gasteiger partial charge < -0.3 is 5.73 Å². The highest BCUT2D eigenvalue weighted by Crippen LogP contribution is 2.43. The second kappa shape index (κ2) is 5.84. The van der Waals surface area contributed by atoms with Crippen molar-refractivity contribution in [3.05, 3.63) is 41.2 Å². The fourth-order valence-corrected chi connectivity index (χ4v) is 5.02. The number of thioether (sulfide) groups is 1. The zero-order chi connectivity index (χ0) is 14.1. The van der Waals surface area contributed by atoms with Gasteiger partial charge in [0.25, 0.3) is 0 Å². The lowest BCUT2D eigenvalue weighted by Crippen LogP contribution is -2.30. The average Bonchev–Trinajstić information content (AvgIpc) is 2.92. The fraction of sp³-hybridized carbons (Fsp3) is 0.467. The van der Waals surface area contributed by atoms with Crippen LogP contribution in [-0.2, 0) is 6.42 Å². The summed E-state index contributed by atoms with van der Waals surface area (Å²) in [6.45, 7) is 4.37. The Morgan fingerprint density at radius 3 is 2.80 bits per heavy atom. The van der Waals surface area contributed by atoms with E-state index < -0.39 is 0 Å². The molecule has 2 aromatic rings. The second-order valence-electron chi connectivity index (χ2n) is 5.28. The van der Waals surface area contributed by atoms with Crippen molar-refractivity contribution in [1.29, 1.82) is 0 Å². The molecule has 0 radical (unpaired) electrons. The smallest absolute Gasteiger partial charge is 0.170 e. The molecule has 0 saturated heterocycles. The van der Waals surface area contributed by atoms with E-state index in [1.54, 1.807) is 11.8 Å². The van der Waals surface area contributed by atoms with Crippen LogP contribution in [0.5, 0.6) is 0 Å². The highest BCUT2D eigenvalue weighted by Gasteiger charge is 2.31. The minimum atomic E-state index is 0.0846. The second-order valence-corrected chi connectivity index (χ2v) is 7.52. The van der Waals surface area contributed by atoms with Crippen LogP contribution in [0.1, 0.15) is 49.2 Å². The maximum absolute atomic E-state index is 6.48. The van der Waals surface area contributed by atoms with Crippen LogP contribution in [0, 0.1) is 0 Å². The van der Waals surface area contributed by atoms with E-state index in [9.17, 15) is 0 Å². The molecule has 2 N–H and O–H groups in total. The number of aromatic nitrogens is 2. The van der Waals surface area contributed by atoms with Gasteiger partial charge in [-0.1, -0.05) is 49.9 Å². The summed E-state index contributed by atoms with van der Waals surface area (Å²) in [5.41, 5.74) is 9.18. The molecular formula is C15H19N3S2. The summed E-state index contributed by atoms with van der Waals surface area (Å²) in [7, 11) is 0. The standard InChI is InChI=1S/C15H19N3S2/c1-3-13-17-15(20-18-13)19-12-8-9(2)10-6-4-5-7-11(10)14(12)16/h4-7,9,12,14H,3,8,16H2,1-2H3. The molecule has 3 nitrogen and oxygen atoms in total. The molecular weight excluding hydrogens is 286 g/mol. The first-order chi connectivity index (χ1) is 9.69. The van der Waals surface area contributed by atoms with E-state index in [1.165, 1.54) is 22.7 Å². The van der Waals surface area contributed by atoms with Gasteiger partial charge in [-0.05, 0) is 35.0 Å². The van der Waals surface area contributed by atoms with E-state index in [0.717, 1.165) is 23.0 Å². The van der Waals surface area contributed by atoms with E-state index >= 15 is 0 Å². The third-order valence-electron chi connectivity index (χ3n) is 3.89. The molecule has 106 valence electrons. The Labute approximate surface area is 128 Å². The summed E-state index contributed by atoms with van der Waals surface area (Å²) < 4.78 is 5.41. The predicted octanol–water partition coefficient (Wildman–Crippen LogP) is 3.77. The van der Waals surface area contributed by atoms with Crippen molar-refractivity contribution < 1.29 is 0 Å². The maximum Gasteiger partial charge on any atom is 0.170 e. The van der Waals surface area contributed by atoms with Gasteiger partial charge in [0, 0.05) is 17.7 Å². The fourth-order valence-electron chi connectivity index (χ4n) is 2.77. The first-order valence-corrected chi connectivity index (χ1v) is 8.68.